The van der Waals surface area contributed by atoms with Crippen molar-refractivity contribution in [2.75, 3.05) is 26.2 Å². The molecule has 1 unspecified atom stereocenters. The molecule has 2 heterocycles. The van der Waals surface area contributed by atoms with Crippen LogP contribution in [-0.4, -0.2) is 64.3 Å². The summed E-state index contributed by atoms with van der Waals surface area (Å²) in [6, 6.07) is -0.0827. The molecule has 2 aliphatic heterocycles. The fourth-order valence-electron chi connectivity index (χ4n) is 2.39. The monoisotopic (exact) mass is 242 g/mol. The fourth-order valence-corrected chi connectivity index (χ4v) is 2.39. The molecule has 0 aromatic carbocycles. The summed E-state index contributed by atoms with van der Waals surface area (Å²) in [7, 11) is 0. The molecule has 2 N–H and O–H groups in total. The van der Waals surface area contributed by atoms with Crippen LogP contribution in [0.25, 0.3) is 0 Å². The van der Waals surface area contributed by atoms with E-state index in [9.17, 15) is 14.7 Å². The Morgan fingerprint density at radius 1 is 1.00 bits per heavy atom. The zero-order valence-corrected chi connectivity index (χ0v) is 9.71. The van der Waals surface area contributed by atoms with Gasteiger partial charge >= 0.3 is 12.0 Å². The molecule has 17 heavy (non-hydrogen) atoms. The number of piperidine rings is 1. The minimum atomic E-state index is -0.825. The molecule has 0 aromatic heterocycles. The van der Waals surface area contributed by atoms with E-state index in [1.54, 1.807) is 9.80 Å². The van der Waals surface area contributed by atoms with Crippen molar-refractivity contribution in [2.24, 2.45) is 5.92 Å². The third-order valence-corrected chi connectivity index (χ3v) is 3.54. The SMILES string of the molecule is O=C(O)C1CCN(C(=O)N2CCC(O)CC2)C1. The molecule has 2 rings (SSSR count). The molecule has 0 aromatic rings. The van der Waals surface area contributed by atoms with Gasteiger partial charge in [-0.15, -0.1) is 0 Å². The smallest absolute Gasteiger partial charge is 0.320 e. The zero-order valence-electron chi connectivity index (χ0n) is 9.71. The second-order valence-electron chi connectivity index (χ2n) is 4.77. The fraction of sp³-hybridized carbons (Fsp3) is 0.818. The number of carbonyl (C=O) groups excluding carboxylic acids is 1. The Balaban J connectivity index is 1.86. The molecule has 2 fully saturated rings. The van der Waals surface area contributed by atoms with Gasteiger partial charge in [-0.2, -0.15) is 0 Å². The van der Waals surface area contributed by atoms with E-state index in [0.717, 1.165) is 0 Å². The predicted octanol–water partition coefficient (Wildman–Crippen LogP) is -0.0304. The van der Waals surface area contributed by atoms with Crippen molar-refractivity contribution in [2.45, 2.75) is 25.4 Å². The number of carbonyl (C=O) groups is 2. The summed E-state index contributed by atoms with van der Waals surface area (Å²) in [4.78, 5) is 26.2. The second kappa shape index (κ2) is 4.91. The Bertz CT molecular complexity index is 313. The lowest BCUT2D eigenvalue weighted by Crippen LogP contribution is -2.46. The summed E-state index contributed by atoms with van der Waals surface area (Å²) in [5.41, 5.74) is 0. The van der Waals surface area contributed by atoms with Crippen LogP contribution in [0.3, 0.4) is 0 Å². The Hall–Kier alpha value is -1.30. The molecule has 6 nitrogen and oxygen atoms in total. The summed E-state index contributed by atoms with van der Waals surface area (Å²) in [5.74, 6) is -1.25. The number of aliphatic carboxylic acids is 1. The van der Waals surface area contributed by atoms with Crippen molar-refractivity contribution in [3.05, 3.63) is 0 Å². The highest BCUT2D eigenvalue weighted by Gasteiger charge is 2.33. The molecule has 0 radical (unpaired) electrons. The summed E-state index contributed by atoms with van der Waals surface area (Å²) in [5, 5.41) is 18.2. The summed E-state index contributed by atoms with van der Waals surface area (Å²) in [6.45, 7) is 1.96. The molecule has 0 spiro atoms. The Kier molecular flexibility index (Phi) is 3.51. The van der Waals surface area contributed by atoms with Crippen molar-refractivity contribution in [3.63, 3.8) is 0 Å². The van der Waals surface area contributed by atoms with Crippen LogP contribution >= 0.6 is 0 Å². The van der Waals surface area contributed by atoms with Gasteiger partial charge in [-0.25, -0.2) is 4.79 Å². The number of nitrogens with zero attached hydrogens (tertiary/aromatic N) is 2. The number of carboxylic acids is 1. The highest BCUT2D eigenvalue weighted by molar-refractivity contribution is 5.77. The van der Waals surface area contributed by atoms with E-state index in [0.29, 0.717) is 45.4 Å². The molecule has 1 atom stereocenters. The van der Waals surface area contributed by atoms with Crippen LogP contribution in [0.4, 0.5) is 4.79 Å². The van der Waals surface area contributed by atoms with Gasteiger partial charge in [0.2, 0.25) is 0 Å². The first-order valence-electron chi connectivity index (χ1n) is 6.02. The number of amides is 2. The van der Waals surface area contributed by atoms with Crippen LogP contribution in [0.1, 0.15) is 19.3 Å². The molecule has 6 heteroatoms. The molecule has 2 saturated heterocycles. The minimum Gasteiger partial charge on any atom is -0.481 e. The summed E-state index contributed by atoms with van der Waals surface area (Å²) >= 11 is 0. The topological polar surface area (TPSA) is 81.1 Å². The predicted molar refractivity (Wildman–Crippen MR) is 59.5 cm³/mol. The van der Waals surface area contributed by atoms with Crippen LogP contribution in [0.2, 0.25) is 0 Å². The van der Waals surface area contributed by atoms with Crippen LogP contribution < -0.4 is 0 Å². The number of rotatable bonds is 1. The maximum atomic E-state index is 12.1. The number of likely N-dealkylation sites (tertiary alicyclic amines) is 2. The van der Waals surface area contributed by atoms with Gasteiger partial charge in [0.15, 0.2) is 0 Å². The standard InChI is InChI=1S/C11H18N2O4/c14-9-2-5-12(6-3-9)11(17)13-4-1-8(7-13)10(15)16/h8-9,14H,1-7H2,(H,15,16). The van der Waals surface area contributed by atoms with Gasteiger partial charge < -0.3 is 20.0 Å². The maximum Gasteiger partial charge on any atom is 0.320 e. The number of urea groups is 1. The summed E-state index contributed by atoms with van der Waals surface area (Å²) < 4.78 is 0. The second-order valence-corrected chi connectivity index (χ2v) is 4.77. The molecule has 0 bridgehead atoms. The maximum absolute atomic E-state index is 12.1. The molecule has 0 saturated carbocycles. The van der Waals surface area contributed by atoms with Gasteiger partial charge in [-0.1, -0.05) is 0 Å². The first-order chi connectivity index (χ1) is 8.08. The lowest BCUT2D eigenvalue weighted by atomic mass is 10.1. The zero-order chi connectivity index (χ0) is 12.4. The first kappa shape index (κ1) is 12.2. The van der Waals surface area contributed by atoms with E-state index >= 15 is 0 Å². The van der Waals surface area contributed by atoms with E-state index in [1.807, 2.05) is 0 Å². The number of hydrogen-bond donors (Lipinski definition) is 2. The third kappa shape index (κ3) is 2.69. The molecule has 2 amide bonds. The van der Waals surface area contributed by atoms with Crippen LogP contribution in [0, 0.1) is 5.92 Å². The number of aliphatic hydroxyl groups excluding tert-OH is 1. The van der Waals surface area contributed by atoms with Crippen molar-refractivity contribution in [1.82, 2.24) is 9.80 Å². The van der Waals surface area contributed by atoms with Crippen molar-refractivity contribution in [1.29, 1.82) is 0 Å². The van der Waals surface area contributed by atoms with Crippen LogP contribution in [-0.2, 0) is 4.79 Å². The molecule has 0 aliphatic carbocycles. The summed E-state index contributed by atoms with van der Waals surface area (Å²) in [6.07, 6.45) is 1.46. The number of carboxylic acid groups (broad SMARTS) is 1. The minimum absolute atomic E-state index is 0.0827. The van der Waals surface area contributed by atoms with Gasteiger partial charge in [0, 0.05) is 26.2 Å². The normalized spacial score (nSPS) is 26.3. The van der Waals surface area contributed by atoms with Crippen LogP contribution in [0.5, 0.6) is 0 Å². The van der Waals surface area contributed by atoms with Crippen molar-refractivity contribution in [3.8, 4) is 0 Å². The Morgan fingerprint density at radius 2 is 1.59 bits per heavy atom. The lowest BCUT2D eigenvalue weighted by Gasteiger charge is -2.32. The van der Waals surface area contributed by atoms with E-state index in [1.165, 1.54) is 0 Å². The Labute approximate surface area is 99.8 Å². The number of hydrogen-bond acceptors (Lipinski definition) is 3. The average Bonchev–Trinajstić information content (AvgIpc) is 2.78. The highest BCUT2D eigenvalue weighted by atomic mass is 16.4. The van der Waals surface area contributed by atoms with E-state index in [2.05, 4.69) is 0 Å². The van der Waals surface area contributed by atoms with E-state index in [4.69, 9.17) is 5.11 Å². The quantitative estimate of drug-likeness (QED) is 0.676. The third-order valence-electron chi connectivity index (χ3n) is 3.54. The molecule has 96 valence electrons. The van der Waals surface area contributed by atoms with Gasteiger partial charge in [-0.05, 0) is 19.3 Å². The van der Waals surface area contributed by atoms with E-state index < -0.39 is 11.9 Å². The largest absolute Gasteiger partial charge is 0.481 e. The van der Waals surface area contributed by atoms with E-state index in [-0.39, 0.29) is 12.1 Å². The first-order valence-corrected chi connectivity index (χ1v) is 6.02. The lowest BCUT2D eigenvalue weighted by molar-refractivity contribution is -0.141. The van der Waals surface area contributed by atoms with Crippen molar-refractivity contribution >= 4 is 12.0 Å². The van der Waals surface area contributed by atoms with Gasteiger partial charge in [0.1, 0.15) is 0 Å². The average molecular weight is 242 g/mol. The molecular weight excluding hydrogens is 224 g/mol. The van der Waals surface area contributed by atoms with Crippen LogP contribution in [0.15, 0.2) is 0 Å². The highest BCUT2D eigenvalue weighted by Crippen LogP contribution is 2.19. The van der Waals surface area contributed by atoms with Crippen molar-refractivity contribution < 1.29 is 19.8 Å². The molecular formula is C11H18N2O4. The Morgan fingerprint density at radius 3 is 2.12 bits per heavy atom. The van der Waals surface area contributed by atoms with Gasteiger partial charge in [0.05, 0.1) is 12.0 Å². The number of aliphatic hydroxyl groups is 1. The van der Waals surface area contributed by atoms with Gasteiger partial charge in [0.25, 0.3) is 0 Å². The molecule has 2 aliphatic rings. The van der Waals surface area contributed by atoms with Gasteiger partial charge in [-0.3, -0.25) is 4.79 Å².